The zero-order valence-electron chi connectivity index (χ0n) is 8.13. The van der Waals surface area contributed by atoms with Crippen LogP contribution in [0.25, 0.3) is 0 Å². The molecule has 0 saturated carbocycles. The number of hydrogen-bond acceptors (Lipinski definition) is 2. The molecule has 2 rings (SSSR count). The Morgan fingerprint density at radius 2 is 2.36 bits per heavy atom. The van der Waals surface area contributed by atoms with Crippen LogP contribution in [0.1, 0.15) is 12.0 Å². The van der Waals surface area contributed by atoms with Crippen molar-refractivity contribution < 1.29 is 13.9 Å². The molecule has 1 heterocycles. The Kier molecular flexibility index (Phi) is 2.68. The molecule has 1 saturated heterocycles. The fourth-order valence-electron chi connectivity index (χ4n) is 1.49. The molecule has 0 bridgehead atoms. The zero-order chi connectivity index (χ0) is 9.97. The van der Waals surface area contributed by atoms with E-state index in [0.29, 0.717) is 19.0 Å². The Morgan fingerprint density at radius 1 is 1.50 bits per heavy atom. The van der Waals surface area contributed by atoms with Crippen LogP contribution < -0.4 is 4.74 Å². The minimum atomic E-state index is -0.295. The maximum Gasteiger partial charge on any atom is 0.165 e. The third-order valence-corrected chi connectivity index (χ3v) is 2.27. The molecule has 0 aromatic heterocycles. The number of benzene rings is 1. The van der Waals surface area contributed by atoms with Gasteiger partial charge in [0.2, 0.25) is 0 Å². The first-order valence-corrected chi connectivity index (χ1v) is 4.76. The van der Waals surface area contributed by atoms with Gasteiger partial charge in [-0.15, -0.1) is 0 Å². The van der Waals surface area contributed by atoms with E-state index in [1.165, 1.54) is 6.07 Å². The lowest BCUT2D eigenvalue weighted by molar-refractivity contribution is 0.138. The molecule has 1 fully saturated rings. The fraction of sp³-hybridized carbons (Fsp3) is 0.455. The lowest BCUT2D eigenvalue weighted by Gasteiger charge is -2.12. The second-order valence-electron chi connectivity index (χ2n) is 3.54. The molecule has 1 aromatic carbocycles. The van der Waals surface area contributed by atoms with E-state index in [9.17, 15) is 4.39 Å². The predicted molar refractivity (Wildman–Crippen MR) is 51.0 cm³/mol. The van der Waals surface area contributed by atoms with Crippen LogP contribution in [-0.2, 0) is 4.74 Å². The summed E-state index contributed by atoms with van der Waals surface area (Å²) < 4.78 is 23.9. The van der Waals surface area contributed by atoms with E-state index >= 15 is 0 Å². The largest absolute Gasteiger partial charge is 0.485 e. The van der Waals surface area contributed by atoms with E-state index in [1.54, 1.807) is 6.07 Å². The summed E-state index contributed by atoms with van der Waals surface area (Å²) in [4.78, 5) is 0. The van der Waals surface area contributed by atoms with Gasteiger partial charge in [0, 0.05) is 6.42 Å². The molecule has 0 spiro atoms. The van der Waals surface area contributed by atoms with E-state index in [2.05, 4.69) is 0 Å². The molecule has 0 aliphatic carbocycles. The Hall–Kier alpha value is -1.09. The summed E-state index contributed by atoms with van der Waals surface area (Å²) in [7, 11) is 0. The molecule has 0 radical (unpaired) electrons. The van der Waals surface area contributed by atoms with Crippen molar-refractivity contribution in [2.45, 2.75) is 19.4 Å². The van der Waals surface area contributed by atoms with Gasteiger partial charge in [-0.25, -0.2) is 4.39 Å². The van der Waals surface area contributed by atoms with Crippen LogP contribution in [0.2, 0.25) is 0 Å². The van der Waals surface area contributed by atoms with E-state index < -0.39 is 0 Å². The summed E-state index contributed by atoms with van der Waals surface area (Å²) in [6.45, 7) is 3.12. The van der Waals surface area contributed by atoms with Gasteiger partial charge in [-0.05, 0) is 24.6 Å². The van der Waals surface area contributed by atoms with E-state index in [4.69, 9.17) is 9.47 Å². The van der Waals surface area contributed by atoms with Gasteiger partial charge in [-0.2, -0.15) is 0 Å². The van der Waals surface area contributed by atoms with Gasteiger partial charge in [-0.3, -0.25) is 0 Å². The number of aryl methyl sites for hydroxylation is 1. The maximum absolute atomic E-state index is 13.3. The summed E-state index contributed by atoms with van der Waals surface area (Å²) in [6.07, 6.45) is 0.847. The van der Waals surface area contributed by atoms with Crippen molar-refractivity contribution in [3.05, 3.63) is 29.6 Å². The highest BCUT2D eigenvalue weighted by atomic mass is 19.1. The lowest BCUT2D eigenvalue weighted by atomic mass is 10.2. The SMILES string of the molecule is Cc1ccc(O[C@H]2CCOC2)c(F)c1. The average Bonchev–Trinajstić information content (AvgIpc) is 2.62. The molecule has 76 valence electrons. The van der Waals surface area contributed by atoms with Crippen molar-refractivity contribution in [1.82, 2.24) is 0 Å². The van der Waals surface area contributed by atoms with Gasteiger partial charge in [0.05, 0.1) is 13.2 Å². The van der Waals surface area contributed by atoms with Gasteiger partial charge in [0.15, 0.2) is 11.6 Å². The average molecular weight is 196 g/mol. The molecule has 0 N–H and O–H groups in total. The van der Waals surface area contributed by atoms with E-state index in [0.717, 1.165) is 12.0 Å². The number of ether oxygens (including phenoxy) is 2. The van der Waals surface area contributed by atoms with Crippen molar-refractivity contribution in [2.24, 2.45) is 0 Å². The smallest absolute Gasteiger partial charge is 0.165 e. The Balaban J connectivity index is 2.08. The van der Waals surface area contributed by atoms with Crippen molar-refractivity contribution in [3.63, 3.8) is 0 Å². The zero-order valence-corrected chi connectivity index (χ0v) is 8.13. The van der Waals surface area contributed by atoms with Crippen molar-refractivity contribution >= 4 is 0 Å². The van der Waals surface area contributed by atoms with Gasteiger partial charge in [-0.1, -0.05) is 6.07 Å². The standard InChI is InChI=1S/C11H13FO2/c1-8-2-3-11(10(12)6-8)14-9-4-5-13-7-9/h2-3,6,9H,4-5,7H2,1H3/t9-/m0/s1. The molecule has 0 amide bonds. The first-order valence-electron chi connectivity index (χ1n) is 4.76. The second kappa shape index (κ2) is 3.96. The van der Waals surface area contributed by atoms with Gasteiger partial charge in [0.25, 0.3) is 0 Å². The highest BCUT2D eigenvalue weighted by molar-refractivity contribution is 5.28. The molecular formula is C11H13FO2. The van der Waals surface area contributed by atoms with E-state index in [-0.39, 0.29) is 11.9 Å². The van der Waals surface area contributed by atoms with Gasteiger partial charge < -0.3 is 9.47 Å². The Morgan fingerprint density at radius 3 is 3.00 bits per heavy atom. The minimum Gasteiger partial charge on any atom is -0.485 e. The number of halogens is 1. The van der Waals surface area contributed by atoms with Crippen LogP contribution in [0.5, 0.6) is 5.75 Å². The molecule has 1 aromatic rings. The third-order valence-electron chi connectivity index (χ3n) is 2.27. The predicted octanol–water partition coefficient (Wildman–Crippen LogP) is 2.30. The molecule has 3 heteroatoms. The normalized spacial score (nSPS) is 21.1. The molecular weight excluding hydrogens is 183 g/mol. The fourth-order valence-corrected chi connectivity index (χ4v) is 1.49. The summed E-state index contributed by atoms with van der Waals surface area (Å²) in [5, 5.41) is 0. The van der Waals surface area contributed by atoms with Crippen LogP contribution in [0.3, 0.4) is 0 Å². The molecule has 0 unspecified atom stereocenters. The first kappa shape index (κ1) is 9.46. The second-order valence-corrected chi connectivity index (χ2v) is 3.54. The Bertz CT molecular complexity index is 319. The summed E-state index contributed by atoms with van der Waals surface area (Å²) in [6, 6.07) is 4.99. The van der Waals surface area contributed by atoms with Crippen molar-refractivity contribution in [2.75, 3.05) is 13.2 Å². The van der Waals surface area contributed by atoms with Crippen molar-refractivity contribution in [3.8, 4) is 5.75 Å². The minimum absolute atomic E-state index is 0.00667. The lowest BCUT2D eigenvalue weighted by Crippen LogP contribution is -2.16. The number of rotatable bonds is 2. The molecule has 2 nitrogen and oxygen atoms in total. The molecule has 1 atom stereocenters. The third kappa shape index (κ3) is 2.04. The summed E-state index contributed by atoms with van der Waals surface area (Å²) in [5.41, 5.74) is 0.900. The summed E-state index contributed by atoms with van der Waals surface area (Å²) in [5.74, 6) is 0.0306. The quantitative estimate of drug-likeness (QED) is 0.722. The highest BCUT2D eigenvalue weighted by Gasteiger charge is 2.18. The Labute approximate surface area is 82.6 Å². The number of hydrogen-bond donors (Lipinski definition) is 0. The van der Waals surface area contributed by atoms with Crippen LogP contribution >= 0.6 is 0 Å². The highest BCUT2D eigenvalue weighted by Crippen LogP contribution is 2.21. The van der Waals surface area contributed by atoms with Crippen LogP contribution in [-0.4, -0.2) is 19.3 Å². The maximum atomic E-state index is 13.3. The molecule has 1 aliphatic heterocycles. The van der Waals surface area contributed by atoms with E-state index in [1.807, 2.05) is 13.0 Å². The van der Waals surface area contributed by atoms with Crippen molar-refractivity contribution in [1.29, 1.82) is 0 Å². The van der Waals surface area contributed by atoms with Crippen LogP contribution in [0.15, 0.2) is 18.2 Å². The van der Waals surface area contributed by atoms with Gasteiger partial charge >= 0.3 is 0 Å². The van der Waals surface area contributed by atoms with Crippen LogP contribution in [0, 0.1) is 12.7 Å². The van der Waals surface area contributed by atoms with Gasteiger partial charge in [0.1, 0.15) is 6.10 Å². The topological polar surface area (TPSA) is 18.5 Å². The van der Waals surface area contributed by atoms with Crippen LogP contribution in [0.4, 0.5) is 4.39 Å². The summed E-state index contributed by atoms with van der Waals surface area (Å²) >= 11 is 0. The first-order chi connectivity index (χ1) is 6.75. The molecule has 14 heavy (non-hydrogen) atoms. The monoisotopic (exact) mass is 196 g/mol. The molecule has 1 aliphatic rings.